The van der Waals surface area contributed by atoms with Gasteiger partial charge in [0.25, 0.3) is 5.91 Å². The van der Waals surface area contributed by atoms with E-state index < -0.39 is 0 Å². The van der Waals surface area contributed by atoms with Gasteiger partial charge in [0.05, 0.1) is 0 Å². The average Bonchev–Trinajstić information content (AvgIpc) is 2.38. The molecule has 0 aliphatic carbocycles. The predicted molar refractivity (Wildman–Crippen MR) is 76.6 cm³/mol. The third-order valence-corrected chi connectivity index (χ3v) is 2.78. The van der Waals surface area contributed by atoms with E-state index in [4.69, 9.17) is 18.0 Å². The number of pyridine rings is 1. The van der Waals surface area contributed by atoms with Crippen molar-refractivity contribution in [2.24, 2.45) is 5.73 Å². The molecule has 0 aliphatic heterocycles. The Morgan fingerprint density at radius 3 is 2.33 bits per heavy atom. The minimum absolute atomic E-state index is 0.0341. The molecule has 0 spiro atoms. The van der Waals surface area contributed by atoms with Gasteiger partial charge in [-0.2, -0.15) is 0 Å². The molecule has 18 heavy (non-hydrogen) atoms. The van der Waals surface area contributed by atoms with Crippen molar-refractivity contribution in [1.29, 1.82) is 0 Å². The molecule has 1 aromatic rings. The molecule has 0 unspecified atom stereocenters. The third-order valence-electron chi connectivity index (χ3n) is 2.54. The maximum absolute atomic E-state index is 12.2. The summed E-state index contributed by atoms with van der Waals surface area (Å²) in [5, 5.41) is 0. The van der Waals surface area contributed by atoms with Gasteiger partial charge in [-0.05, 0) is 25.0 Å². The number of hydrogen-bond acceptors (Lipinski definition) is 3. The van der Waals surface area contributed by atoms with Gasteiger partial charge in [-0.25, -0.2) is 0 Å². The van der Waals surface area contributed by atoms with E-state index in [1.165, 1.54) is 0 Å². The van der Waals surface area contributed by atoms with Crippen LogP contribution in [-0.4, -0.2) is 33.9 Å². The summed E-state index contributed by atoms with van der Waals surface area (Å²) in [5.41, 5.74) is 6.61. The fraction of sp³-hybridized carbons (Fsp3) is 0.462. The van der Waals surface area contributed by atoms with Crippen molar-refractivity contribution in [1.82, 2.24) is 9.88 Å². The molecule has 0 atom stereocenters. The minimum atomic E-state index is -0.0341. The van der Waals surface area contributed by atoms with Crippen LogP contribution in [0.5, 0.6) is 0 Å². The molecule has 1 heterocycles. The van der Waals surface area contributed by atoms with Gasteiger partial charge >= 0.3 is 0 Å². The summed E-state index contributed by atoms with van der Waals surface area (Å²) in [7, 11) is 0. The Kier molecular flexibility index (Phi) is 5.71. The standard InChI is InChI=1S/C13H19N3OS/c1-3-7-16(8-4-2)13(17)11-6-5-10(9-15-11)12(14)18/h5-6,9H,3-4,7-8H2,1-2H3,(H2,14,18). The van der Waals surface area contributed by atoms with Gasteiger partial charge < -0.3 is 10.6 Å². The molecule has 0 fully saturated rings. The smallest absolute Gasteiger partial charge is 0.272 e. The summed E-state index contributed by atoms with van der Waals surface area (Å²) < 4.78 is 0. The predicted octanol–water partition coefficient (Wildman–Crippen LogP) is 1.98. The van der Waals surface area contributed by atoms with Crippen LogP contribution in [0.4, 0.5) is 0 Å². The van der Waals surface area contributed by atoms with E-state index in [-0.39, 0.29) is 5.91 Å². The van der Waals surface area contributed by atoms with Gasteiger partial charge in [0, 0.05) is 24.8 Å². The van der Waals surface area contributed by atoms with Crippen molar-refractivity contribution in [2.45, 2.75) is 26.7 Å². The number of rotatable bonds is 6. The Bertz CT molecular complexity index is 411. The quantitative estimate of drug-likeness (QED) is 0.799. The van der Waals surface area contributed by atoms with Crippen LogP contribution < -0.4 is 5.73 Å². The Labute approximate surface area is 113 Å². The van der Waals surface area contributed by atoms with Crippen LogP contribution in [0, 0.1) is 0 Å². The van der Waals surface area contributed by atoms with Crippen molar-refractivity contribution in [3.05, 3.63) is 29.6 Å². The summed E-state index contributed by atoms with van der Waals surface area (Å²) in [6, 6.07) is 3.41. The lowest BCUT2D eigenvalue weighted by Gasteiger charge is -2.20. The average molecular weight is 265 g/mol. The van der Waals surface area contributed by atoms with E-state index in [2.05, 4.69) is 18.8 Å². The molecule has 5 heteroatoms. The number of nitrogens with two attached hydrogens (primary N) is 1. The highest BCUT2D eigenvalue weighted by atomic mass is 32.1. The number of hydrogen-bond donors (Lipinski definition) is 1. The van der Waals surface area contributed by atoms with Gasteiger partial charge in [-0.15, -0.1) is 0 Å². The first kappa shape index (κ1) is 14.6. The van der Waals surface area contributed by atoms with Gasteiger partial charge in [0.1, 0.15) is 10.7 Å². The molecule has 98 valence electrons. The summed E-state index contributed by atoms with van der Waals surface area (Å²) >= 11 is 4.85. The summed E-state index contributed by atoms with van der Waals surface area (Å²) in [6.07, 6.45) is 3.43. The second-order valence-corrected chi connectivity index (χ2v) is 4.53. The van der Waals surface area contributed by atoms with Gasteiger partial charge in [-0.1, -0.05) is 26.1 Å². The van der Waals surface area contributed by atoms with Crippen LogP contribution in [0.25, 0.3) is 0 Å². The molecule has 1 rings (SSSR count). The van der Waals surface area contributed by atoms with Crippen LogP contribution >= 0.6 is 12.2 Å². The van der Waals surface area contributed by atoms with Crippen molar-refractivity contribution >= 4 is 23.1 Å². The fourth-order valence-electron chi connectivity index (χ4n) is 1.68. The highest BCUT2D eigenvalue weighted by molar-refractivity contribution is 7.80. The number of carbonyl (C=O) groups excluding carboxylic acids is 1. The van der Waals surface area contributed by atoms with E-state index in [1.54, 1.807) is 18.3 Å². The Morgan fingerprint density at radius 2 is 1.94 bits per heavy atom. The van der Waals surface area contributed by atoms with Gasteiger partial charge in [0.15, 0.2) is 0 Å². The van der Waals surface area contributed by atoms with E-state index in [9.17, 15) is 4.79 Å². The number of nitrogens with zero attached hydrogens (tertiary/aromatic N) is 2. The SMILES string of the molecule is CCCN(CCC)C(=O)c1ccc(C(N)=S)cn1. The fourth-order valence-corrected chi connectivity index (χ4v) is 1.80. The van der Waals surface area contributed by atoms with E-state index in [1.807, 2.05) is 4.90 Å². The highest BCUT2D eigenvalue weighted by Gasteiger charge is 2.15. The molecular weight excluding hydrogens is 246 g/mol. The second kappa shape index (κ2) is 7.06. The molecule has 0 radical (unpaired) electrons. The van der Waals surface area contributed by atoms with E-state index in [0.717, 1.165) is 25.9 Å². The molecular formula is C13H19N3OS. The van der Waals surface area contributed by atoms with Gasteiger partial charge in [0.2, 0.25) is 0 Å². The highest BCUT2D eigenvalue weighted by Crippen LogP contribution is 2.06. The zero-order valence-corrected chi connectivity index (χ0v) is 11.7. The monoisotopic (exact) mass is 265 g/mol. The van der Waals surface area contributed by atoms with E-state index >= 15 is 0 Å². The van der Waals surface area contributed by atoms with Gasteiger partial charge in [-0.3, -0.25) is 9.78 Å². The zero-order chi connectivity index (χ0) is 13.5. The molecule has 0 aliphatic rings. The lowest BCUT2D eigenvalue weighted by molar-refractivity contribution is 0.0749. The number of thiocarbonyl (C=S) groups is 1. The molecule has 0 bridgehead atoms. The van der Waals surface area contributed by atoms with Crippen molar-refractivity contribution in [3.8, 4) is 0 Å². The number of aromatic nitrogens is 1. The van der Waals surface area contributed by atoms with Crippen LogP contribution in [0.2, 0.25) is 0 Å². The first-order valence-electron chi connectivity index (χ1n) is 6.15. The maximum atomic E-state index is 12.2. The molecule has 0 aromatic carbocycles. The molecule has 1 aromatic heterocycles. The van der Waals surface area contributed by atoms with Crippen molar-refractivity contribution < 1.29 is 4.79 Å². The molecule has 1 amide bonds. The van der Waals surface area contributed by atoms with Crippen LogP contribution in [0.3, 0.4) is 0 Å². The normalized spacial score (nSPS) is 10.1. The Morgan fingerprint density at radius 1 is 1.33 bits per heavy atom. The van der Waals surface area contributed by atoms with Crippen LogP contribution in [-0.2, 0) is 0 Å². The summed E-state index contributed by atoms with van der Waals surface area (Å²) in [6.45, 7) is 5.62. The lowest BCUT2D eigenvalue weighted by Crippen LogP contribution is -2.33. The zero-order valence-electron chi connectivity index (χ0n) is 10.8. The van der Waals surface area contributed by atoms with E-state index in [0.29, 0.717) is 16.2 Å². The van der Waals surface area contributed by atoms with Crippen LogP contribution in [0.1, 0.15) is 42.7 Å². The minimum Gasteiger partial charge on any atom is -0.389 e. The van der Waals surface area contributed by atoms with Crippen molar-refractivity contribution in [2.75, 3.05) is 13.1 Å². The largest absolute Gasteiger partial charge is 0.389 e. The topological polar surface area (TPSA) is 59.2 Å². The summed E-state index contributed by atoms with van der Waals surface area (Å²) in [5.74, 6) is -0.0341. The van der Waals surface area contributed by atoms with Crippen molar-refractivity contribution in [3.63, 3.8) is 0 Å². The Hall–Kier alpha value is -1.49. The first-order valence-corrected chi connectivity index (χ1v) is 6.56. The van der Waals surface area contributed by atoms with Crippen LogP contribution in [0.15, 0.2) is 18.3 Å². The molecule has 0 saturated heterocycles. The first-order chi connectivity index (χ1) is 8.60. The third kappa shape index (κ3) is 3.77. The number of amides is 1. The maximum Gasteiger partial charge on any atom is 0.272 e. The molecule has 0 saturated carbocycles. The number of carbonyl (C=O) groups is 1. The Balaban J connectivity index is 2.84. The lowest BCUT2D eigenvalue weighted by atomic mass is 10.2. The second-order valence-electron chi connectivity index (χ2n) is 4.09. The summed E-state index contributed by atoms with van der Waals surface area (Å²) in [4.78, 5) is 18.4. The molecule has 2 N–H and O–H groups in total. The molecule has 4 nitrogen and oxygen atoms in total.